The van der Waals surface area contributed by atoms with Crippen molar-refractivity contribution in [2.24, 2.45) is 5.73 Å². The van der Waals surface area contributed by atoms with Gasteiger partial charge in [0, 0.05) is 30.7 Å². The van der Waals surface area contributed by atoms with Crippen LogP contribution in [0.4, 0.5) is 4.79 Å². The van der Waals surface area contributed by atoms with Crippen LogP contribution < -0.4 is 15.8 Å². The summed E-state index contributed by atoms with van der Waals surface area (Å²) in [5, 5.41) is 4.49. The van der Waals surface area contributed by atoms with Crippen LogP contribution in [0.5, 0.6) is 0 Å². The molecule has 4 amide bonds. The van der Waals surface area contributed by atoms with Crippen LogP contribution in [-0.2, 0) is 19.6 Å². The first-order chi connectivity index (χ1) is 16.0. The molecule has 2 aromatic rings. The molecule has 0 bridgehead atoms. The van der Waals surface area contributed by atoms with E-state index in [-0.39, 0.29) is 49.4 Å². The van der Waals surface area contributed by atoms with E-state index in [1.807, 2.05) is 13.8 Å². The van der Waals surface area contributed by atoms with Gasteiger partial charge in [0.1, 0.15) is 6.04 Å². The molecule has 0 saturated carbocycles. The number of primary amides is 1. The number of hydrogen-bond donors (Lipinski definition) is 3. The van der Waals surface area contributed by atoms with Gasteiger partial charge in [-0.3, -0.25) is 9.59 Å². The molecule has 0 aliphatic carbocycles. The summed E-state index contributed by atoms with van der Waals surface area (Å²) in [5.41, 5.74) is 5.05. The van der Waals surface area contributed by atoms with Crippen LogP contribution in [-0.4, -0.2) is 74.3 Å². The molecule has 0 unspecified atom stereocenters. The Bertz CT molecular complexity index is 1200. The summed E-state index contributed by atoms with van der Waals surface area (Å²) in [6, 6.07) is 7.98. The van der Waals surface area contributed by atoms with Gasteiger partial charge in [0.05, 0.1) is 11.4 Å². The van der Waals surface area contributed by atoms with E-state index in [0.29, 0.717) is 10.4 Å². The molecule has 184 valence electrons. The van der Waals surface area contributed by atoms with Crippen molar-refractivity contribution in [2.45, 2.75) is 37.2 Å². The molecule has 10 nitrogen and oxygen atoms in total. The van der Waals surface area contributed by atoms with E-state index in [9.17, 15) is 22.8 Å². The number of nitrogens with two attached hydrogens (primary N) is 1. The van der Waals surface area contributed by atoms with E-state index in [0.717, 1.165) is 5.39 Å². The first kappa shape index (κ1) is 25.7. The smallest absolute Gasteiger partial charge is 0.312 e. The van der Waals surface area contributed by atoms with Crippen LogP contribution in [0.15, 0.2) is 41.3 Å². The van der Waals surface area contributed by atoms with E-state index in [4.69, 9.17) is 17.3 Å². The predicted octanol–water partition coefficient (Wildman–Crippen LogP) is 1.28. The number of nitrogens with one attached hydrogen (secondary N) is 2. The highest BCUT2D eigenvalue weighted by molar-refractivity contribution is 7.89. The van der Waals surface area contributed by atoms with Gasteiger partial charge in [0.15, 0.2) is 0 Å². The van der Waals surface area contributed by atoms with Gasteiger partial charge in [-0.2, -0.15) is 4.72 Å². The van der Waals surface area contributed by atoms with Gasteiger partial charge in [0.2, 0.25) is 21.8 Å². The standard InChI is InChI=1S/C22H28ClN5O5S/c1-14(2)28(10-8-25-22(24)31)20(29)13-27-9-7-19(21(27)30)26-34(32,33)18-6-4-15-11-17(23)5-3-16(15)12-18/h3-6,11-12,14,19,26H,7-10,13H2,1-2H3,(H3,24,25,31)/t19-/m0/s1. The topological polar surface area (TPSA) is 142 Å². The maximum absolute atomic E-state index is 12.9. The van der Waals surface area contributed by atoms with Crippen LogP contribution in [0.2, 0.25) is 5.02 Å². The Kier molecular flexibility index (Phi) is 8.01. The molecule has 1 saturated heterocycles. The van der Waals surface area contributed by atoms with Crippen LogP contribution in [0.25, 0.3) is 10.8 Å². The zero-order valence-corrected chi connectivity index (χ0v) is 20.5. The van der Waals surface area contributed by atoms with Gasteiger partial charge in [-0.1, -0.05) is 23.7 Å². The Balaban J connectivity index is 1.64. The third-order valence-electron chi connectivity index (χ3n) is 5.60. The van der Waals surface area contributed by atoms with Gasteiger partial charge in [-0.15, -0.1) is 0 Å². The lowest BCUT2D eigenvalue weighted by Gasteiger charge is -2.29. The van der Waals surface area contributed by atoms with E-state index in [2.05, 4.69) is 10.0 Å². The highest BCUT2D eigenvalue weighted by atomic mass is 35.5. The predicted molar refractivity (Wildman–Crippen MR) is 129 cm³/mol. The van der Waals surface area contributed by atoms with Gasteiger partial charge < -0.3 is 20.9 Å². The van der Waals surface area contributed by atoms with Crippen molar-refractivity contribution in [2.75, 3.05) is 26.2 Å². The number of nitrogens with zero attached hydrogens (tertiary/aromatic N) is 2. The average molecular weight is 510 g/mol. The van der Waals surface area contributed by atoms with Crippen molar-refractivity contribution in [1.29, 1.82) is 0 Å². The molecule has 1 fully saturated rings. The first-order valence-corrected chi connectivity index (χ1v) is 12.7. The lowest BCUT2D eigenvalue weighted by molar-refractivity contribution is -0.139. The van der Waals surface area contributed by atoms with Gasteiger partial charge in [-0.25, -0.2) is 13.2 Å². The normalized spacial score (nSPS) is 16.3. The minimum absolute atomic E-state index is 0.0394. The maximum atomic E-state index is 12.9. The van der Waals surface area contributed by atoms with Crippen molar-refractivity contribution < 1.29 is 22.8 Å². The molecule has 1 aliphatic rings. The number of sulfonamides is 1. The summed E-state index contributed by atoms with van der Waals surface area (Å²) in [5.74, 6) is -0.755. The van der Waals surface area contributed by atoms with Crippen LogP contribution in [0.1, 0.15) is 20.3 Å². The Hall–Kier alpha value is -2.89. The van der Waals surface area contributed by atoms with E-state index >= 15 is 0 Å². The number of likely N-dealkylation sites (tertiary alicyclic amines) is 1. The molecule has 3 rings (SSSR count). The number of amides is 4. The molecule has 0 radical (unpaired) electrons. The van der Waals surface area contributed by atoms with E-state index < -0.39 is 28.0 Å². The minimum atomic E-state index is -3.96. The number of carbonyl (C=O) groups is 3. The fraction of sp³-hybridized carbons (Fsp3) is 0.409. The van der Waals surface area contributed by atoms with E-state index in [1.54, 1.807) is 24.3 Å². The third kappa shape index (κ3) is 6.16. The summed E-state index contributed by atoms with van der Waals surface area (Å²) >= 11 is 5.98. The molecule has 0 spiro atoms. The number of hydrogen-bond acceptors (Lipinski definition) is 5. The number of carbonyl (C=O) groups excluding carboxylic acids is 3. The minimum Gasteiger partial charge on any atom is -0.352 e. The third-order valence-corrected chi connectivity index (χ3v) is 7.31. The fourth-order valence-corrected chi connectivity index (χ4v) is 5.29. The molecule has 1 heterocycles. The SMILES string of the molecule is CC(C)N(CCNC(N)=O)C(=O)CN1CC[C@H](NS(=O)(=O)c2ccc3cc(Cl)ccc3c2)C1=O. The fourth-order valence-electron chi connectivity index (χ4n) is 3.85. The second kappa shape index (κ2) is 10.6. The molecular weight excluding hydrogens is 482 g/mol. The summed E-state index contributed by atoms with van der Waals surface area (Å²) in [6.07, 6.45) is 0.249. The average Bonchev–Trinajstić information content (AvgIpc) is 3.08. The monoisotopic (exact) mass is 509 g/mol. The molecule has 34 heavy (non-hydrogen) atoms. The highest BCUT2D eigenvalue weighted by Gasteiger charge is 2.36. The second-order valence-corrected chi connectivity index (χ2v) is 10.5. The summed E-state index contributed by atoms with van der Waals surface area (Å²) in [7, 11) is -3.96. The number of rotatable bonds is 9. The molecule has 12 heteroatoms. The zero-order chi connectivity index (χ0) is 25.0. The Morgan fingerprint density at radius 1 is 1.21 bits per heavy atom. The maximum Gasteiger partial charge on any atom is 0.312 e. The van der Waals surface area contributed by atoms with Crippen molar-refractivity contribution >= 4 is 50.2 Å². The lowest BCUT2D eigenvalue weighted by Crippen LogP contribution is -2.49. The highest BCUT2D eigenvalue weighted by Crippen LogP contribution is 2.23. The molecule has 4 N–H and O–H groups in total. The van der Waals surface area contributed by atoms with Crippen LogP contribution in [0.3, 0.4) is 0 Å². The number of fused-ring (bicyclic) bond motifs is 1. The second-order valence-electron chi connectivity index (χ2n) is 8.35. The summed E-state index contributed by atoms with van der Waals surface area (Å²) < 4.78 is 28.3. The van der Waals surface area contributed by atoms with Crippen molar-refractivity contribution in [1.82, 2.24) is 19.8 Å². The largest absolute Gasteiger partial charge is 0.352 e. The van der Waals surface area contributed by atoms with Gasteiger partial charge in [0.25, 0.3) is 0 Å². The number of benzene rings is 2. The quantitative estimate of drug-likeness (QED) is 0.466. The van der Waals surface area contributed by atoms with Crippen LogP contribution >= 0.6 is 11.6 Å². The molecule has 0 aromatic heterocycles. The molecular formula is C22H28ClN5O5S. The van der Waals surface area contributed by atoms with Crippen LogP contribution in [0, 0.1) is 0 Å². The Morgan fingerprint density at radius 3 is 2.56 bits per heavy atom. The zero-order valence-electron chi connectivity index (χ0n) is 19.0. The lowest BCUT2D eigenvalue weighted by atomic mass is 10.1. The van der Waals surface area contributed by atoms with Crippen molar-refractivity contribution in [3.63, 3.8) is 0 Å². The number of halogens is 1. The van der Waals surface area contributed by atoms with Crippen molar-refractivity contribution in [3.05, 3.63) is 41.4 Å². The Labute approximate surface area is 203 Å². The molecule has 1 atom stereocenters. The first-order valence-electron chi connectivity index (χ1n) is 10.8. The summed E-state index contributed by atoms with van der Waals surface area (Å²) in [4.78, 5) is 39.4. The summed E-state index contributed by atoms with van der Waals surface area (Å²) in [6.45, 7) is 4.14. The van der Waals surface area contributed by atoms with Crippen molar-refractivity contribution in [3.8, 4) is 0 Å². The number of urea groups is 1. The Morgan fingerprint density at radius 2 is 1.88 bits per heavy atom. The molecule has 2 aromatic carbocycles. The van der Waals surface area contributed by atoms with Gasteiger partial charge >= 0.3 is 6.03 Å². The van der Waals surface area contributed by atoms with E-state index in [1.165, 1.54) is 21.9 Å². The van der Waals surface area contributed by atoms with Gasteiger partial charge in [-0.05, 0) is 55.3 Å². The molecule has 1 aliphatic heterocycles.